The van der Waals surface area contributed by atoms with Crippen LogP contribution in [0.15, 0.2) is 59.5 Å². The highest BCUT2D eigenvalue weighted by Gasteiger charge is 2.25. The van der Waals surface area contributed by atoms with Gasteiger partial charge in [0.05, 0.1) is 12.6 Å². The molecule has 5 rings (SSSR count). The van der Waals surface area contributed by atoms with E-state index in [1.165, 1.54) is 22.6 Å². The zero-order chi connectivity index (χ0) is 22.9. The summed E-state index contributed by atoms with van der Waals surface area (Å²) in [5.74, 6) is -0.578. The van der Waals surface area contributed by atoms with E-state index in [-0.39, 0.29) is 40.8 Å². The lowest BCUT2D eigenvalue weighted by Gasteiger charge is -2.14. The first-order chi connectivity index (χ1) is 16.0. The van der Waals surface area contributed by atoms with E-state index in [0.717, 1.165) is 18.4 Å². The minimum absolute atomic E-state index is 0.0294. The Hall–Kier alpha value is -3.85. The Kier molecular flexibility index (Phi) is 5.47. The van der Waals surface area contributed by atoms with Gasteiger partial charge in [0.15, 0.2) is 0 Å². The minimum Gasteiger partial charge on any atom is -0.376 e. The minimum atomic E-state index is -0.393. The highest BCUT2D eigenvalue weighted by molar-refractivity contribution is 6.00. The van der Waals surface area contributed by atoms with Crippen molar-refractivity contribution in [2.24, 2.45) is 0 Å². The van der Waals surface area contributed by atoms with Gasteiger partial charge in [-0.15, -0.1) is 0 Å². The average molecular weight is 448 g/mol. The summed E-state index contributed by atoms with van der Waals surface area (Å²) >= 11 is 0. The molecule has 1 saturated heterocycles. The zero-order valence-corrected chi connectivity index (χ0v) is 17.8. The maximum absolute atomic E-state index is 13.4. The maximum atomic E-state index is 13.4. The van der Waals surface area contributed by atoms with Crippen LogP contribution < -0.4 is 21.2 Å². The predicted molar refractivity (Wildman–Crippen MR) is 120 cm³/mol. The zero-order valence-electron chi connectivity index (χ0n) is 17.8. The van der Waals surface area contributed by atoms with Gasteiger partial charge in [0.1, 0.15) is 16.8 Å². The van der Waals surface area contributed by atoms with E-state index in [1.807, 2.05) is 0 Å². The van der Waals surface area contributed by atoms with Gasteiger partial charge in [0.2, 0.25) is 11.5 Å². The standard InChI is InChI=1S/C24H22FN5O3/c25-16-8-6-15(7-9-16)14-30-21(26)18(23(31)27-13-17-4-3-11-33-17)12-19-22(30)28-20-5-1-2-10-29(20)24(19)32/h1-2,5-10,12,17,26H,3-4,11,13-14H2,(H,27,31)/p+1/t17-/m0/s1. The van der Waals surface area contributed by atoms with E-state index < -0.39 is 5.91 Å². The lowest BCUT2D eigenvalue weighted by molar-refractivity contribution is -0.649. The summed E-state index contributed by atoms with van der Waals surface area (Å²) in [6, 6.07) is 12.7. The number of pyridine rings is 2. The van der Waals surface area contributed by atoms with Crippen LogP contribution in [-0.2, 0) is 11.3 Å². The fraction of sp³-hybridized carbons (Fsp3) is 0.250. The molecular weight excluding hydrogens is 425 g/mol. The van der Waals surface area contributed by atoms with Gasteiger partial charge < -0.3 is 15.8 Å². The first-order valence-electron chi connectivity index (χ1n) is 10.8. The van der Waals surface area contributed by atoms with Gasteiger partial charge in [0.25, 0.3) is 17.1 Å². The molecule has 168 valence electrons. The third-order valence-electron chi connectivity index (χ3n) is 5.87. The van der Waals surface area contributed by atoms with Gasteiger partial charge >= 0.3 is 0 Å². The first-order valence-corrected chi connectivity index (χ1v) is 10.8. The van der Waals surface area contributed by atoms with Crippen LogP contribution in [0.2, 0.25) is 0 Å². The number of nitrogens with one attached hydrogen (secondary N) is 1. The molecule has 1 aromatic carbocycles. The van der Waals surface area contributed by atoms with Gasteiger partial charge in [-0.3, -0.25) is 14.0 Å². The van der Waals surface area contributed by atoms with Crippen molar-refractivity contribution < 1.29 is 18.5 Å². The Morgan fingerprint density at radius 1 is 1.27 bits per heavy atom. The predicted octanol–water partition coefficient (Wildman–Crippen LogP) is 1.81. The number of hydrogen-bond donors (Lipinski definition) is 2. The first kappa shape index (κ1) is 21.0. The number of hydrogen-bond acceptors (Lipinski definition) is 5. The van der Waals surface area contributed by atoms with E-state index in [0.29, 0.717) is 24.4 Å². The normalized spacial score (nSPS) is 15.8. The number of fused-ring (bicyclic) bond motifs is 2. The second kappa shape index (κ2) is 8.59. The van der Waals surface area contributed by atoms with Crippen LogP contribution in [0.3, 0.4) is 0 Å². The number of aromatic nitrogens is 3. The number of benzene rings is 1. The number of halogens is 1. The molecule has 1 amide bonds. The van der Waals surface area contributed by atoms with Crippen molar-refractivity contribution in [3.63, 3.8) is 0 Å². The Labute approximate surface area is 188 Å². The molecular formula is C24H23FN5O3+. The van der Waals surface area contributed by atoms with E-state index in [9.17, 15) is 14.0 Å². The van der Waals surface area contributed by atoms with Crippen molar-refractivity contribution in [2.45, 2.75) is 25.5 Å². The number of anilines is 1. The molecule has 1 fully saturated rings. The van der Waals surface area contributed by atoms with Crippen molar-refractivity contribution in [1.29, 1.82) is 0 Å². The molecule has 4 heterocycles. The molecule has 1 atom stereocenters. The number of nitrogens with two attached hydrogens (primary N) is 1. The summed E-state index contributed by atoms with van der Waals surface area (Å²) in [4.78, 5) is 31.0. The molecule has 3 aromatic heterocycles. The highest BCUT2D eigenvalue weighted by atomic mass is 19.1. The smallest absolute Gasteiger partial charge is 0.278 e. The monoisotopic (exact) mass is 448 g/mol. The number of nitrogens with zero attached hydrogens (tertiary/aromatic N) is 3. The molecule has 0 saturated carbocycles. The third kappa shape index (κ3) is 4.03. The van der Waals surface area contributed by atoms with Crippen LogP contribution in [0.4, 0.5) is 10.2 Å². The quantitative estimate of drug-likeness (QED) is 0.358. The molecule has 0 unspecified atom stereocenters. The second-order valence-corrected chi connectivity index (χ2v) is 8.08. The van der Waals surface area contributed by atoms with Crippen molar-refractivity contribution in [2.75, 3.05) is 18.9 Å². The third-order valence-corrected chi connectivity index (χ3v) is 5.87. The number of ether oxygens (including phenoxy) is 1. The maximum Gasteiger partial charge on any atom is 0.278 e. The molecule has 4 aromatic rings. The Balaban J connectivity index is 1.65. The van der Waals surface area contributed by atoms with Crippen LogP contribution >= 0.6 is 0 Å². The Morgan fingerprint density at radius 3 is 2.85 bits per heavy atom. The van der Waals surface area contributed by atoms with Crippen LogP contribution in [0.25, 0.3) is 16.7 Å². The van der Waals surface area contributed by atoms with Gasteiger partial charge in [-0.2, -0.15) is 0 Å². The Morgan fingerprint density at radius 2 is 2.09 bits per heavy atom. The second-order valence-electron chi connectivity index (χ2n) is 8.08. The van der Waals surface area contributed by atoms with E-state index in [1.54, 1.807) is 41.1 Å². The van der Waals surface area contributed by atoms with Gasteiger partial charge in [-0.25, -0.2) is 8.96 Å². The van der Waals surface area contributed by atoms with Crippen molar-refractivity contribution in [3.05, 3.63) is 82.0 Å². The molecule has 33 heavy (non-hydrogen) atoms. The molecule has 0 bridgehead atoms. The topological polar surface area (TPSA) is 103 Å². The Bertz CT molecular complexity index is 1410. The number of amides is 1. The summed E-state index contributed by atoms with van der Waals surface area (Å²) in [6.07, 6.45) is 3.45. The number of nitrogen functional groups attached to an aromatic ring is 1. The number of carbonyl (C=O) groups is 1. The fourth-order valence-electron chi connectivity index (χ4n) is 4.12. The van der Waals surface area contributed by atoms with Crippen molar-refractivity contribution >= 4 is 28.4 Å². The summed E-state index contributed by atoms with van der Waals surface area (Å²) in [5, 5.41) is 3.13. The number of carbonyl (C=O) groups excluding carboxylic acids is 1. The summed E-state index contributed by atoms with van der Waals surface area (Å²) in [5.41, 5.74) is 7.88. The largest absolute Gasteiger partial charge is 0.376 e. The average Bonchev–Trinajstić information content (AvgIpc) is 3.35. The molecule has 9 heteroatoms. The van der Waals surface area contributed by atoms with Gasteiger partial charge in [0, 0.05) is 19.3 Å². The summed E-state index contributed by atoms with van der Waals surface area (Å²) < 4.78 is 22.0. The SMILES string of the molecule is Nc1c(C(=O)NC[C@@H]2CCCO2)cc2c(=O)n3ccccc3nc2[n+]1Cc1ccc(F)cc1. The molecule has 1 aliphatic heterocycles. The van der Waals surface area contributed by atoms with Crippen LogP contribution in [0.5, 0.6) is 0 Å². The lowest BCUT2D eigenvalue weighted by Crippen LogP contribution is -2.43. The van der Waals surface area contributed by atoms with Crippen molar-refractivity contribution in [1.82, 2.24) is 14.7 Å². The summed E-state index contributed by atoms with van der Waals surface area (Å²) in [7, 11) is 0. The lowest BCUT2D eigenvalue weighted by atomic mass is 10.1. The van der Waals surface area contributed by atoms with Crippen molar-refractivity contribution in [3.8, 4) is 0 Å². The van der Waals surface area contributed by atoms with Crippen LogP contribution in [-0.4, -0.2) is 34.5 Å². The number of rotatable bonds is 5. The van der Waals surface area contributed by atoms with E-state index >= 15 is 0 Å². The molecule has 0 spiro atoms. The molecule has 3 N–H and O–H groups in total. The molecule has 8 nitrogen and oxygen atoms in total. The summed E-state index contributed by atoms with van der Waals surface area (Å²) in [6.45, 7) is 1.26. The molecule has 1 aliphatic rings. The van der Waals surface area contributed by atoms with Crippen LogP contribution in [0.1, 0.15) is 28.8 Å². The molecule has 0 radical (unpaired) electrons. The van der Waals surface area contributed by atoms with E-state index in [4.69, 9.17) is 10.5 Å². The highest BCUT2D eigenvalue weighted by Crippen LogP contribution is 2.17. The van der Waals surface area contributed by atoms with E-state index in [2.05, 4.69) is 10.3 Å². The van der Waals surface area contributed by atoms with Gasteiger partial charge in [-0.1, -0.05) is 23.2 Å². The molecule has 0 aliphatic carbocycles. The van der Waals surface area contributed by atoms with Gasteiger partial charge in [-0.05, 0) is 48.7 Å². The fourth-order valence-corrected chi connectivity index (χ4v) is 4.12. The van der Waals surface area contributed by atoms with Crippen LogP contribution in [0, 0.1) is 5.82 Å².